The van der Waals surface area contributed by atoms with Crippen molar-refractivity contribution < 1.29 is 9.53 Å². The highest BCUT2D eigenvalue weighted by molar-refractivity contribution is 5.82. The van der Waals surface area contributed by atoms with Gasteiger partial charge in [-0.3, -0.25) is 9.36 Å². The van der Waals surface area contributed by atoms with E-state index in [1.807, 2.05) is 16.4 Å². The highest BCUT2D eigenvalue weighted by atomic mass is 16.5. The monoisotopic (exact) mass is 236 g/mol. The van der Waals surface area contributed by atoms with Gasteiger partial charge in [-0.25, -0.2) is 0 Å². The first kappa shape index (κ1) is 10.7. The highest BCUT2D eigenvalue weighted by Gasteiger charge is 2.42. The van der Waals surface area contributed by atoms with Gasteiger partial charge in [-0.2, -0.15) is 0 Å². The van der Waals surface area contributed by atoms with Gasteiger partial charge in [0.05, 0.1) is 6.04 Å². The Morgan fingerprint density at radius 2 is 2.29 bits per heavy atom. The van der Waals surface area contributed by atoms with Crippen LogP contribution in [0, 0.1) is 0 Å². The molecule has 1 saturated heterocycles. The van der Waals surface area contributed by atoms with E-state index in [4.69, 9.17) is 4.74 Å². The predicted molar refractivity (Wildman–Crippen MR) is 59.1 cm³/mol. The van der Waals surface area contributed by atoms with Crippen LogP contribution in [0.25, 0.3) is 0 Å². The van der Waals surface area contributed by atoms with Gasteiger partial charge in [-0.15, -0.1) is 10.2 Å². The number of rotatable bonds is 2. The van der Waals surface area contributed by atoms with E-state index >= 15 is 0 Å². The van der Waals surface area contributed by atoms with Crippen LogP contribution in [0.3, 0.4) is 0 Å². The molecule has 3 heterocycles. The number of hydrogen-bond donors (Lipinski definition) is 0. The van der Waals surface area contributed by atoms with Gasteiger partial charge in [0.25, 0.3) is 0 Å². The summed E-state index contributed by atoms with van der Waals surface area (Å²) >= 11 is 0. The first-order chi connectivity index (χ1) is 8.24. The minimum absolute atomic E-state index is 0.122. The van der Waals surface area contributed by atoms with Crippen molar-refractivity contribution in [2.75, 3.05) is 13.7 Å². The van der Waals surface area contributed by atoms with Gasteiger partial charge in [0.1, 0.15) is 12.6 Å². The molecule has 0 radical (unpaired) electrons. The van der Waals surface area contributed by atoms with E-state index in [1.54, 1.807) is 7.11 Å². The smallest absolute Gasteiger partial charge is 0.246 e. The normalized spacial score (nSPS) is 27.2. The molecule has 0 unspecified atom stereocenters. The zero-order chi connectivity index (χ0) is 12.0. The van der Waals surface area contributed by atoms with Crippen molar-refractivity contribution in [1.29, 1.82) is 0 Å². The van der Waals surface area contributed by atoms with Crippen molar-refractivity contribution in [3.63, 3.8) is 0 Å². The molecule has 2 aliphatic rings. The SMILES string of the molecule is COCc1nnc2n1[C@@H](C)C(=O)N1CCC[C@@H]21. The van der Waals surface area contributed by atoms with Crippen molar-refractivity contribution in [2.24, 2.45) is 0 Å². The number of carbonyl (C=O) groups is 1. The van der Waals surface area contributed by atoms with Gasteiger partial charge in [-0.05, 0) is 19.8 Å². The van der Waals surface area contributed by atoms with Crippen molar-refractivity contribution in [2.45, 2.75) is 38.5 Å². The third kappa shape index (κ3) is 1.40. The maximum Gasteiger partial charge on any atom is 0.246 e. The maximum atomic E-state index is 12.2. The number of ether oxygens (including phenoxy) is 1. The second-order valence-corrected chi connectivity index (χ2v) is 4.64. The number of aromatic nitrogens is 3. The van der Waals surface area contributed by atoms with Crippen LogP contribution in [0.2, 0.25) is 0 Å². The molecular weight excluding hydrogens is 220 g/mol. The minimum atomic E-state index is -0.209. The van der Waals surface area contributed by atoms with Gasteiger partial charge < -0.3 is 9.64 Å². The molecule has 3 rings (SSSR count). The van der Waals surface area contributed by atoms with Crippen molar-refractivity contribution >= 4 is 5.91 Å². The lowest BCUT2D eigenvalue weighted by Gasteiger charge is -2.34. The Bertz CT molecular complexity index is 456. The Kier molecular flexibility index (Phi) is 2.39. The lowest BCUT2D eigenvalue weighted by atomic mass is 10.1. The first-order valence-electron chi connectivity index (χ1n) is 5.97. The summed E-state index contributed by atoms with van der Waals surface area (Å²) in [5.41, 5.74) is 0. The van der Waals surface area contributed by atoms with Crippen LogP contribution in [0.15, 0.2) is 0 Å². The standard InChI is InChI=1S/C11H16N4O2/c1-7-11(16)14-5-3-4-8(14)10-13-12-9(6-17-2)15(7)10/h7-8H,3-6H2,1-2H3/t7-,8-/m0/s1. The van der Waals surface area contributed by atoms with Crippen molar-refractivity contribution in [3.8, 4) is 0 Å². The van der Waals surface area contributed by atoms with E-state index in [0.29, 0.717) is 6.61 Å². The van der Waals surface area contributed by atoms with Crippen LogP contribution in [0.1, 0.15) is 43.5 Å². The van der Waals surface area contributed by atoms with Crippen LogP contribution in [0.4, 0.5) is 0 Å². The van der Waals surface area contributed by atoms with E-state index in [9.17, 15) is 4.79 Å². The Labute approximate surface area is 99.6 Å². The summed E-state index contributed by atoms with van der Waals surface area (Å²) in [6.07, 6.45) is 2.04. The molecule has 0 aliphatic carbocycles. The lowest BCUT2D eigenvalue weighted by molar-refractivity contribution is -0.137. The summed E-state index contributed by atoms with van der Waals surface area (Å²) in [6, 6.07) is -0.0868. The van der Waals surface area contributed by atoms with E-state index in [-0.39, 0.29) is 18.0 Å². The molecule has 0 saturated carbocycles. The van der Waals surface area contributed by atoms with Gasteiger partial charge >= 0.3 is 0 Å². The topological polar surface area (TPSA) is 60.3 Å². The Hall–Kier alpha value is -1.43. The molecule has 2 aliphatic heterocycles. The third-order valence-corrected chi connectivity index (χ3v) is 3.64. The second-order valence-electron chi connectivity index (χ2n) is 4.64. The molecule has 17 heavy (non-hydrogen) atoms. The molecule has 92 valence electrons. The Morgan fingerprint density at radius 3 is 3.06 bits per heavy atom. The number of methoxy groups -OCH3 is 1. The molecule has 2 atom stereocenters. The number of amides is 1. The lowest BCUT2D eigenvalue weighted by Crippen LogP contribution is -2.42. The fourth-order valence-electron chi connectivity index (χ4n) is 2.86. The number of fused-ring (bicyclic) bond motifs is 3. The van der Waals surface area contributed by atoms with E-state index in [1.165, 1.54) is 0 Å². The maximum absolute atomic E-state index is 12.2. The fourth-order valence-corrected chi connectivity index (χ4v) is 2.86. The fraction of sp³-hybridized carbons (Fsp3) is 0.727. The van der Waals surface area contributed by atoms with E-state index < -0.39 is 0 Å². The van der Waals surface area contributed by atoms with Gasteiger partial charge in [0, 0.05) is 13.7 Å². The summed E-state index contributed by atoms with van der Waals surface area (Å²) in [4.78, 5) is 14.2. The molecule has 1 aromatic rings. The summed E-state index contributed by atoms with van der Waals surface area (Å²) in [6.45, 7) is 3.15. The number of nitrogens with zero attached hydrogens (tertiary/aromatic N) is 4. The molecule has 1 amide bonds. The zero-order valence-electron chi connectivity index (χ0n) is 10.1. The first-order valence-corrected chi connectivity index (χ1v) is 5.97. The molecule has 6 heteroatoms. The highest BCUT2D eigenvalue weighted by Crippen LogP contribution is 2.38. The van der Waals surface area contributed by atoms with Gasteiger partial charge in [0.2, 0.25) is 5.91 Å². The molecule has 6 nitrogen and oxygen atoms in total. The van der Waals surface area contributed by atoms with Crippen LogP contribution in [0.5, 0.6) is 0 Å². The molecule has 0 bridgehead atoms. The Balaban J connectivity index is 2.08. The molecule has 0 N–H and O–H groups in total. The molecular formula is C11H16N4O2. The van der Waals surface area contributed by atoms with Crippen molar-refractivity contribution in [1.82, 2.24) is 19.7 Å². The minimum Gasteiger partial charge on any atom is -0.377 e. The van der Waals surface area contributed by atoms with Gasteiger partial charge in [-0.1, -0.05) is 0 Å². The average molecular weight is 236 g/mol. The van der Waals surface area contributed by atoms with Crippen LogP contribution >= 0.6 is 0 Å². The largest absolute Gasteiger partial charge is 0.377 e. The van der Waals surface area contributed by atoms with Crippen molar-refractivity contribution in [3.05, 3.63) is 11.6 Å². The van der Waals surface area contributed by atoms with Crippen LogP contribution in [-0.2, 0) is 16.1 Å². The number of hydrogen-bond acceptors (Lipinski definition) is 4. The van der Waals surface area contributed by atoms with Crippen LogP contribution in [-0.4, -0.2) is 39.2 Å². The average Bonchev–Trinajstić information content (AvgIpc) is 2.92. The quantitative estimate of drug-likeness (QED) is 0.757. The molecule has 0 spiro atoms. The zero-order valence-corrected chi connectivity index (χ0v) is 10.1. The summed E-state index contributed by atoms with van der Waals surface area (Å²) in [5.74, 6) is 1.84. The van der Waals surface area contributed by atoms with E-state index in [0.717, 1.165) is 31.0 Å². The Morgan fingerprint density at radius 1 is 1.47 bits per heavy atom. The summed E-state index contributed by atoms with van der Waals surface area (Å²) in [5, 5.41) is 8.38. The third-order valence-electron chi connectivity index (χ3n) is 3.64. The summed E-state index contributed by atoms with van der Waals surface area (Å²) < 4.78 is 7.04. The molecule has 0 aromatic carbocycles. The molecule has 1 fully saturated rings. The molecule has 1 aromatic heterocycles. The van der Waals surface area contributed by atoms with E-state index in [2.05, 4.69) is 10.2 Å². The predicted octanol–water partition coefficient (Wildman–Crippen LogP) is 0.663. The van der Waals surface area contributed by atoms with Crippen LogP contribution < -0.4 is 0 Å². The number of carbonyl (C=O) groups excluding carboxylic acids is 1. The summed E-state index contributed by atoms with van der Waals surface area (Å²) in [7, 11) is 1.62. The van der Waals surface area contributed by atoms with Gasteiger partial charge in [0.15, 0.2) is 11.6 Å². The second kappa shape index (κ2) is 3.80.